The Morgan fingerprint density at radius 1 is 1.53 bits per heavy atom. The highest BCUT2D eigenvalue weighted by Gasteiger charge is 2.00. The SMILES string of the molecule is COc1ccc(C=NC[C@H](C)O)c(O)c1. The number of aliphatic hydroxyl groups excluding tert-OH is 1. The highest BCUT2D eigenvalue weighted by Crippen LogP contribution is 2.21. The van der Waals surface area contributed by atoms with E-state index < -0.39 is 6.10 Å². The van der Waals surface area contributed by atoms with E-state index in [1.165, 1.54) is 19.4 Å². The summed E-state index contributed by atoms with van der Waals surface area (Å²) < 4.78 is 4.95. The van der Waals surface area contributed by atoms with Crippen molar-refractivity contribution in [2.45, 2.75) is 13.0 Å². The van der Waals surface area contributed by atoms with Crippen LogP contribution in [-0.2, 0) is 0 Å². The lowest BCUT2D eigenvalue weighted by Crippen LogP contribution is -2.03. The van der Waals surface area contributed by atoms with Crippen LogP contribution in [0.4, 0.5) is 0 Å². The van der Waals surface area contributed by atoms with Gasteiger partial charge in [-0.3, -0.25) is 4.99 Å². The number of aliphatic hydroxyl groups is 1. The summed E-state index contributed by atoms with van der Waals surface area (Å²) in [5.74, 6) is 0.712. The van der Waals surface area contributed by atoms with Crippen molar-refractivity contribution in [2.75, 3.05) is 13.7 Å². The van der Waals surface area contributed by atoms with Crippen molar-refractivity contribution in [1.82, 2.24) is 0 Å². The van der Waals surface area contributed by atoms with Crippen molar-refractivity contribution in [3.63, 3.8) is 0 Å². The molecule has 0 aliphatic heterocycles. The number of ether oxygens (including phenoxy) is 1. The number of phenolic OH excluding ortho intramolecular Hbond substituents is 1. The fourth-order valence-electron chi connectivity index (χ4n) is 1.06. The Balaban J connectivity index is 2.73. The Hall–Kier alpha value is -1.55. The lowest BCUT2D eigenvalue weighted by Gasteiger charge is -2.03. The Morgan fingerprint density at radius 3 is 2.80 bits per heavy atom. The average molecular weight is 209 g/mol. The number of hydrogen-bond donors (Lipinski definition) is 2. The maximum Gasteiger partial charge on any atom is 0.128 e. The van der Waals surface area contributed by atoms with E-state index in [0.717, 1.165) is 0 Å². The van der Waals surface area contributed by atoms with Crippen LogP contribution < -0.4 is 4.74 Å². The Labute approximate surface area is 88.9 Å². The van der Waals surface area contributed by atoms with E-state index in [-0.39, 0.29) is 5.75 Å². The van der Waals surface area contributed by atoms with Crippen LogP contribution in [0.5, 0.6) is 11.5 Å². The average Bonchev–Trinajstić information content (AvgIpc) is 2.20. The largest absolute Gasteiger partial charge is 0.507 e. The molecule has 2 N–H and O–H groups in total. The molecule has 1 aromatic carbocycles. The van der Waals surface area contributed by atoms with Gasteiger partial charge in [0.2, 0.25) is 0 Å². The van der Waals surface area contributed by atoms with Crippen molar-refractivity contribution in [1.29, 1.82) is 0 Å². The van der Waals surface area contributed by atoms with Gasteiger partial charge in [-0.05, 0) is 19.1 Å². The Kier molecular flexibility index (Phi) is 4.12. The standard InChI is InChI=1S/C11H15NO3/c1-8(13)6-12-7-9-3-4-10(15-2)5-11(9)14/h3-5,7-8,13-14H,6H2,1-2H3/t8-/m0/s1. The van der Waals surface area contributed by atoms with Gasteiger partial charge in [0.15, 0.2) is 0 Å². The molecule has 4 heteroatoms. The van der Waals surface area contributed by atoms with E-state index in [0.29, 0.717) is 17.9 Å². The number of phenols is 1. The molecule has 0 radical (unpaired) electrons. The van der Waals surface area contributed by atoms with Crippen molar-refractivity contribution in [2.24, 2.45) is 4.99 Å². The minimum atomic E-state index is -0.471. The van der Waals surface area contributed by atoms with Crippen LogP contribution in [0.3, 0.4) is 0 Å². The van der Waals surface area contributed by atoms with E-state index >= 15 is 0 Å². The van der Waals surface area contributed by atoms with Gasteiger partial charge in [0.05, 0.1) is 19.8 Å². The summed E-state index contributed by atoms with van der Waals surface area (Å²) in [5.41, 5.74) is 0.608. The molecular formula is C11H15NO3. The monoisotopic (exact) mass is 209 g/mol. The first-order chi connectivity index (χ1) is 7.13. The highest BCUT2D eigenvalue weighted by molar-refractivity contribution is 5.83. The molecule has 0 aliphatic rings. The molecule has 0 aromatic heterocycles. The summed E-state index contributed by atoms with van der Waals surface area (Å²) in [7, 11) is 1.54. The summed E-state index contributed by atoms with van der Waals surface area (Å²) in [6.45, 7) is 1.98. The Bertz CT molecular complexity index is 348. The second-order valence-electron chi connectivity index (χ2n) is 3.27. The molecule has 0 amide bonds. The first-order valence-electron chi connectivity index (χ1n) is 4.68. The molecule has 0 saturated carbocycles. The topological polar surface area (TPSA) is 62.0 Å². The minimum Gasteiger partial charge on any atom is -0.507 e. The van der Waals surface area contributed by atoms with Crippen LogP contribution in [-0.4, -0.2) is 36.2 Å². The van der Waals surface area contributed by atoms with Gasteiger partial charge < -0.3 is 14.9 Å². The van der Waals surface area contributed by atoms with E-state index in [1.54, 1.807) is 19.1 Å². The second-order valence-corrected chi connectivity index (χ2v) is 3.27. The van der Waals surface area contributed by atoms with Gasteiger partial charge in [-0.25, -0.2) is 0 Å². The number of rotatable bonds is 4. The molecule has 0 spiro atoms. The summed E-state index contributed by atoms with van der Waals surface area (Å²) in [4.78, 5) is 3.98. The summed E-state index contributed by atoms with van der Waals surface area (Å²) in [5, 5.41) is 18.5. The summed E-state index contributed by atoms with van der Waals surface area (Å²) in [6.07, 6.45) is 1.06. The first-order valence-corrected chi connectivity index (χ1v) is 4.68. The van der Waals surface area contributed by atoms with Crippen LogP contribution >= 0.6 is 0 Å². The molecular weight excluding hydrogens is 194 g/mol. The van der Waals surface area contributed by atoms with Crippen molar-refractivity contribution in [3.8, 4) is 11.5 Å². The van der Waals surface area contributed by atoms with Gasteiger partial charge in [-0.1, -0.05) is 0 Å². The molecule has 0 aliphatic carbocycles. The third-order valence-corrected chi connectivity index (χ3v) is 1.84. The molecule has 82 valence electrons. The molecule has 4 nitrogen and oxygen atoms in total. The third-order valence-electron chi connectivity index (χ3n) is 1.84. The van der Waals surface area contributed by atoms with E-state index in [1.807, 2.05) is 0 Å². The molecule has 1 rings (SSSR count). The normalized spacial score (nSPS) is 13.0. The smallest absolute Gasteiger partial charge is 0.128 e. The summed E-state index contributed by atoms with van der Waals surface area (Å²) >= 11 is 0. The molecule has 0 bridgehead atoms. The number of aromatic hydroxyl groups is 1. The third kappa shape index (κ3) is 3.59. The highest BCUT2D eigenvalue weighted by atomic mass is 16.5. The van der Waals surface area contributed by atoms with Gasteiger partial charge in [0.25, 0.3) is 0 Å². The van der Waals surface area contributed by atoms with Crippen LogP contribution in [0.1, 0.15) is 12.5 Å². The maximum absolute atomic E-state index is 9.55. The van der Waals surface area contributed by atoms with Crippen LogP contribution in [0.2, 0.25) is 0 Å². The van der Waals surface area contributed by atoms with Gasteiger partial charge in [-0.2, -0.15) is 0 Å². The molecule has 15 heavy (non-hydrogen) atoms. The van der Waals surface area contributed by atoms with Crippen LogP contribution in [0, 0.1) is 0 Å². The number of benzene rings is 1. The first kappa shape index (κ1) is 11.5. The quantitative estimate of drug-likeness (QED) is 0.732. The number of hydrogen-bond acceptors (Lipinski definition) is 4. The molecule has 1 atom stereocenters. The zero-order chi connectivity index (χ0) is 11.3. The van der Waals surface area contributed by atoms with Crippen LogP contribution in [0.25, 0.3) is 0 Å². The van der Waals surface area contributed by atoms with E-state index in [9.17, 15) is 5.11 Å². The van der Waals surface area contributed by atoms with E-state index in [2.05, 4.69) is 4.99 Å². The lowest BCUT2D eigenvalue weighted by atomic mass is 10.2. The number of aliphatic imine (C=N–C) groups is 1. The zero-order valence-electron chi connectivity index (χ0n) is 8.84. The molecule has 0 heterocycles. The molecule has 0 saturated heterocycles. The van der Waals surface area contributed by atoms with Crippen molar-refractivity contribution < 1.29 is 14.9 Å². The molecule has 0 fully saturated rings. The van der Waals surface area contributed by atoms with Gasteiger partial charge in [0, 0.05) is 17.8 Å². The molecule has 0 unspecified atom stereocenters. The number of nitrogens with zero attached hydrogens (tertiary/aromatic N) is 1. The van der Waals surface area contributed by atoms with Gasteiger partial charge in [0.1, 0.15) is 11.5 Å². The van der Waals surface area contributed by atoms with Crippen molar-refractivity contribution in [3.05, 3.63) is 23.8 Å². The fraction of sp³-hybridized carbons (Fsp3) is 0.364. The predicted octanol–water partition coefficient (Wildman–Crippen LogP) is 1.20. The van der Waals surface area contributed by atoms with E-state index in [4.69, 9.17) is 9.84 Å². The minimum absolute atomic E-state index is 0.115. The van der Waals surface area contributed by atoms with Crippen LogP contribution in [0.15, 0.2) is 23.2 Å². The maximum atomic E-state index is 9.55. The van der Waals surface area contributed by atoms with Gasteiger partial charge >= 0.3 is 0 Å². The number of methoxy groups -OCH3 is 1. The second kappa shape index (κ2) is 5.36. The lowest BCUT2D eigenvalue weighted by molar-refractivity contribution is 0.204. The fourth-order valence-corrected chi connectivity index (χ4v) is 1.06. The Morgan fingerprint density at radius 2 is 2.27 bits per heavy atom. The predicted molar refractivity (Wildman–Crippen MR) is 58.8 cm³/mol. The summed E-state index contributed by atoms with van der Waals surface area (Å²) in [6, 6.07) is 4.97. The zero-order valence-corrected chi connectivity index (χ0v) is 8.84. The van der Waals surface area contributed by atoms with Gasteiger partial charge in [-0.15, -0.1) is 0 Å². The van der Waals surface area contributed by atoms with Crippen molar-refractivity contribution >= 4 is 6.21 Å². The molecule has 1 aromatic rings.